The molecule has 76 valence electrons. The zero-order chi connectivity index (χ0) is 8.74. The Balaban J connectivity index is 0. The summed E-state index contributed by atoms with van der Waals surface area (Å²) in [6.07, 6.45) is 1.30. The summed E-state index contributed by atoms with van der Waals surface area (Å²) in [5, 5.41) is 1.15. The van der Waals surface area contributed by atoms with Crippen molar-refractivity contribution in [2.45, 2.75) is 27.2 Å². The maximum atomic E-state index is 3.48. The van der Waals surface area contributed by atoms with Crippen molar-refractivity contribution in [1.82, 2.24) is 0 Å². The predicted molar refractivity (Wildman–Crippen MR) is 57.1 cm³/mol. The quantitative estimate of drug-likeness (QED) is 0.518. The van der Waals surface area contributed by atoms with E-state index in [1.807, 2.05) is 0 Å². The van der Waals surface area contributed by atoms with Crippen LogP contribution in [-0.2, 0) is 0 Å². The van der Waals surface area contributed by atoms with Gasteiger partial charge in [-0.15, -0.1) is 0 Å². The second-order valence-corrected chi connectivity index (χ2v) is 3.85. The first kappa shape index (κ1) is 14.9. The molecule has 0 aliphatic carbocycles. The van der Waals surface area contributed by atoms with Gasteiger partial charge in [-0.2, -0.15) is 0 Å². The van der Waals surface area contributed by atoms with Gasteiger partial charge in [0, 0.05) is 11.8 Å². The van der Waals surface area contributed by atoms with E-state index in [0.29, 0.717) is 0 Å². The maximum absolute atomic E-state index is 3.48. The fourth-order valence-electron chi connectivity index (χ4n) is 1.54. The van der Waals surface area contributed by atoms with Gasteiger partial charge in [0.15, 0.2) is 0 Å². The lowest BCUT2D eigenvalue weighted by Gasteiger charge is -2.35. The molecule has 0 saturated heterocycles. The lowest BCUT2D eigenvalue weighted by atomic mass is 10.3. The van der Waals surface area contributed by atoms with Crippen LogP contribution in [0.1, 0.15) is 27.2 Å². The molecule has 3 heteroatoms. The van der Waals surface area contributed by atoms with Gasteiger partial charge in [-0.1, -0.05) is 15.9 Å². The van der Waals surface area contributed by atoms with Gasteiger partial charge in [0.25, 0.3) is 0 Å². The molecule has 0 heterocycles. The van der Waals surface area contributed by atoms with E-state index >= 15 is 0 Å². The van der Waals surface area contributed by atoms with Crippen LogP contribution in [0.25, 0.3) is 0 Å². The average Bonchev–Trinajstić information content (AvgIpc) is 2.08. The van der Waals surface area contributed by atoms with E-state index in [-0.39, 0.29) is 5.48 Å². The minimum atomic E-state index is 0. The summed E-state index contributed by atoms with van der Waals surface area (Å²) in [4.78, 5) is 0. The molecule has 0 fully saturated rings. The fourth-order valence-corrected chi connectivity index (χ4v) is 1.79. The van der Waals surface area contributed by atoms with Gasteiger partial charge in [0.1, 0.15) is 0 Å². The smallest absolute Gasteiger partial charge is 0.0794 e. The van der Waals surface area contributed by atoms with Crippen molar-refractivity contribution in [1.29, 1.82) is 0 Å². The number of hydrogen-bond donors (Lipinski definition) is 0. The molecule has 0 saturated carbocycles. The van der Waals surface area contributed by atoms with Crippen LogP contribution < -0.4 is 0 Å². The van der Waals surface area contributed by atoms with Crippen molar-refractivity contribution in [3.05, 3.63) is 0 Å². The average molecular weight is 240 g/mol. The molecule has 0 amide bonds. The molecule has 0 aromatic rings. The summed E-state index contributed by atoms with van der Waals surface area (Å²) in [7, 11) is 0. The van der Waals surface area contributed by atoms with Crippen LogP contribution in [-0.4, -0.2) is 41.5 Å². The molecule has 0 aliphatic rings. The third-order valence-corrected chi connectivity index (χ3v) is 3.34. The number of halogens is 1. The lowest BCUT2D eigenvalue weighted by molar-refractivity contribution is -0.923. The molecule has 0 unspecified atom stereocenters. The molecule has 0 radical (unpaired) electrons. The number of hydrogen-bond acceptors (Lipinski definition) is 1. The van der Waals surface area contributed by atoms with Gasteiger partial charge >= 0.3 is 0 Å². The minimum Gasteiger partial charge on any atom is -0.870 e. The summed E-state index contributed by atoms with van der Waals surface area (Å²) in [6, 6.07) is 0. The molecule has 0 aromatic heterocycles. The Morgan fingerprint density at radius 2 is 1.42 bits per heavy atom. The molecular weight excluding hydrogens is 218 g/mol. The third-order valence-electron chi connectivity index (χ3n) is 2.78. The molecule has 0 bridgehead atoms. The van der Waals surface area contributed by atoms with E-state index in [1.165, 1.54) is 37.1 Å². The van der Waals surface area contributed by atoms with Crippen LogP contribution in [0.15, 0.2) is 0 Å². The molecular formula is C9H22BrNO. The lowest BCUT2D eigenvalue weighted by Crippen LogP contribution is -2.48. The first-order chi connectivity index (χ1) is 5.24. The van der Waals surface area contributed by atoms with Crippen molar-refractivity contribution in [3.8, 4) is 0 Å². The fraction of sp³-hybridized carbons (Fsp3) is 1.00. The number of rotatable bonds is 6. The molecule has 12 heavy (non-hydrogen) atoms. The van der Waals surface area contributed by atoms with Crippen LogP contribution >= 0.6 is 15.9 Å². The van der Waals surface area contributed by atoms with E-state index in [0.717, 1.165) is 5.33 Å². The Kier molecular flexibility index (Phi) is 9.96. The molecule has 0 atom stereocenters. The van der Waals surface area contributed by atoms with E-state index < -0.39 is 0 Å². The zero-order valence-corrected chi connectivity index (χ0v) is 10.1. The Bertz CT molecular complexity index is 86.3. The Morgan fingerprint density at radius 1 is 1.00 bits per heavy atom. The van der Waals surface area contributed by atoms with Crippen molar-refractivity contribution < 1.29 is 9.96 Å². The van der Waals surface area contributed by atoms with Gasteiger partial charge in [-0.3, -0.25) is 0 Å². The summed E-state index contributed by atoms with van der Waals surface area (Å²) in [6.45, 7) is 12.0. The van der Waals surface area contributed by atoms with E-state index in [1.54, 1.807) is 0 Å². The number of nitrogens with zero attached hydrogens (tertiary/aromatic N) is 1. The van der Waals surface area contributed by atoms with E-state index in [2.05, 4.69) is 36.7 Å². The van der Waals surface area contributed by atoms with Gasteiger partial charge < -0.3 is 9.96 Å². The molecule has 1 N–H and O–H groups in total. The minimum absolute atomic E-state index is 0. The molecule has 0 aromatic carbocycles. The monoisotopic (exact) mass is 239 g/mol. The third kappa shape index (κ3) is 4.43. The highest BCUT2D eigenvalue weighted by atomic mass is 79.9. The Morgan fingerprint density at radius 3 is 1.67 bits per heavy atom. The summed E-state index contributed by atoms with van der Waals surface area (Å²) >= 11 is 3.48. The second-order valence-electron chi connectivity index (χ2n) is 3.06. The second kappa shape index (κ2) is 8.02. The van der Waals surface area contributed by atoms with Crippen LogP contribution in [0, 0.1) is 0 Å². The topological polar surface area (TPSA) is 30.0 Å². The van der Waals surface area contributed by atoms with E-state index in [4.69, 9.17) is 0 Å². The van der Waals surface area contributed by atoms with Crippen LogP contribution in [0.4, 0.5) is 0 Å². The molecule has 0 spiro atoms. The maximum Gasteiger partial charge on any atom is 0.0794 e. The molecule has 0 aliphatic heterocycles. The highest BCUT2D eigenvalue weighted by molar-refractivity contribution is 9.09. The number of quaternary nitrogens is 1. The Hall–Kier alpha value is 0.400. The van der Waals surface area contributed by atoms with Gasteiger partial charge in [0.2, 0.25) is 0 Å². The zero-order valence-electron chi connectivity index (χ0n) is 8.52. The highest BCUT2D eigenvalue weighted by Gasteiger charge is 2.18. The first-order valence-electron chi connectivity index (χ1n) is 4.65. The summed E-state index contributed by atoms with van der Waals surface area (Å²) in [5.74, 6) is 0. The molecule has 2 nitrogen and oxygen atoms in total. The van der Waals surface area contributed by atoms with Gasteiger partial charge in [-0.05, 0) is 20.8 Å². The van der Waals surface area contributed by atoms with E-state index in [9.17, 15) is 0 Å². The summed E-state index contributed by atoms with van der Waals surface area (Å²) in [5.41, 5.74) is 0. The van der Waals surface area contributed by atoms with Crippen LogP contribution in [0.2, 0.25) is 0 Å². The van der Waals surface area contributed by atoms with Gasteiger partial charge in [0.05, 0.1) is 26.2 Å². The van der Waals surface area contributed by atoms with Crippen LogP contribution in [0.5, 0.6) is 0 Å². The summed E-state index contributed by atoms with van der Waals surface area (Å²) < 4.78 is 1.28. The molecule has 0 rings (SSSR count). The number of alkyl halides is 1. The highest BCUT2D eigenvalue weighted by Crippen LogP contribution is 2.07. The van der Waals surface area contributed by atoms with Gasteiger partial charge in [-0.25, -0.2) is 0 Å². The SMILES string of the molecule is CC[N+](CC)(CC)CCCBr.[OH-]. The first-order valence-corrected chi connectivity index (χ1v) is 5.77. The van der Waals surface area contributed by atoms with Crippen molar-refractivity contribution >= 4 is 15.9 Å². The normalized spacial score (nSPS) is 11.0. The Labute approximate surface area is 85.0 Å². The van der Waals surface area contributed by atoms with Crippen molar-refractivity contribution in [3.63, 3.8) is 0 Å². The standard InChI is InChI=1S/C9H21BrN.H2O/c1-4-11(5-2,6-3)9-7-8-10;/h4-9H2,1-3H3;1H2/q+1;/p-1. The van der Waals surface area contributed by atoms with Crippen LogP contribution in [0.3, 0.4) is 0 Å². The van der Waals surface area contributed by atoms with Crippen molar-refractivity contribution in [2.75, 3.05) is 31.5 Å². The van der Waals surface area contributed by atoms with Crippen molar-refractivity contribution in [2.24, 2.45) is 0 Å². The predicted octanol–water partition coefficient (Wildman–Crippen LogP) is 2.47. The largest absolute Gasteiger partial charge is 0.870 e.